The minimum atomic E-state index is -0.273. The van der Waals surface area contributed by atoms with Gasteiger partial charge in [0.2, 0.25) is 5.91 Å². The Balaban J connectivity index is 0.00000264. The predicted molar refractivity (Wildman–Crippen MR) is 91.1 cm³/mol. The van der Waals surface area contributed by atoms with Crippen molar-refractivity contribution in [2.24, 2.45) is 5.92 Å². The molecule has 1 aromatic carbocycles. The van der Waals surface area contributed by atoms with E-state index in [0.717, 1.165) is 25.0 Å². The molecule has 1 aliphatic rings. The van der Waals surface area contributed by atoms with E-state index in [2.05, 4.69) is 5.32 Å². The molecule has 1 N–H and O–H groups in total. The minimum absolute atomic E-state index is 0. The summed E-state index contributed by atoms with van der Waals surface area (Å²) in [6.45, 7) is 4.30. The molecule has 0 aromatic heterocycles. The Labute approximate surface area is 143 Å². The van der Waals surface area contributed by atoms with E-state index in [1.165, 1.54) is 12.1 Å². The molecule has 1 saturated heterocycles. The lowest BCUT2D eigenvalue weighted by Gasteiger charge is -2.28. The third kappa shape index (κ3) is 6.09. The van der Waals surface area contributed by atoms with Crippen molar-refractivity contribution in [3.63, 3.8) is 0 Å². The Morgan fingerprint density at radius 3 is 2.91 bits per heavy atom. The van der Waals surface area contributed by atoms with Crippen molar-refractivity contribution in [1.29, 1.82) is 0 Å². The van der Waals surface area contributed by atoms with Crippen LogP contribution in [0.25, 0.3) is 0 Å². The van der Waals surface area contributed by atoms with Crippen LogP contribution >= 0.6 is 12.4 Å². The maximum Gasteiger partial charge on any atom is 0.227 e. The third-order valence-corrected chi connectivity index (χ3v) is 3.95. The molecule has 0 spiro atoms. The van der Waals surface area contributed by atoms with Gasteiger partial charge in [-0.3, -0.25) is 4.79 Å². The molecule has 1 heterocycles. The summed E-state index contributed by atoms with van der Waals surface area (Å²) in [7, 11) is 1.83. The lowest BCUT2D eigenvalue weighted by atomic mass is 10.1. The molecular formula is C17H26ClFN2O2. The first-order valence-corrected chi connectivity index (χ1v) is 7.89. The Kier molecular flexibility index (Phi) is 8.52. The Morgan fingerprint density at radius 1 is 1.52 bits per heavy atom. The van der Waals surface area contributed by atoms with Gasteiger partial charge in [0.1, 0.15) is 5.82 Å². The quantitative estimate of drug-likeness (QED) is 0.826. The molecule has 0 saturated carbocycles. The summed E-state index contributed by atoms with van der Waals surface area (Å²) in [5, 5.41) is 3.03. The first-order chi connectivity index (χ1) is 10.6. The number of rotatable bonds is 7. The van der Waals surface area contributed by atoms with Crippen molar-refractivity contribution in [1.82, 2.24) is 10.2 Å². The van der Waals surface area contributed by atoms with Gasteiger partial charge in [-0.25, -0.2) is 4.39 Å². The van der Waals surface area contributed by atoms with Crippen LogP contribution in [0.5, 0.6) is 0 Å². The molecule has 0 bridgehead atoms. The molecule has 1 amide bonds. The van der Waals surface area contributed by atoms with Gasteiger partial charge in [-0.05, 0) is 37.6 Å². The van der Waals surface area contributed by atoms with Crippen LogP contribution < -0.4 is 5.32 Å². The highest BCUT2D eigenvalue weighted by Gasteiger charge is 2.25. The first kappa shape index (κ1) is 19.9. The van der Waals surface area contributed by atoms with E-state index in [4.69, 9.17) is 4.74 Å². The molecule has 2 unspecified atom stereocenters. The fourth-order valence-electron chi connectivity index (χ4n) is 2.83. The molecule has 4 nitrogen and oxygen atoms in total. The highest BCUT2D eigenvalue weighted by Crippen LogP contribution is 2.17. The predicted octanol–water partition coefficient (Wildman–Crippen LogP) is 2.61. The Morgan fingerprint density at radius 2 is 2.30 bits per heavy atom. The molecule has 2 atom stereocenters. The number of hydrogen-bond acceptors (Lipinski definition) is 3. The number of halogens is 2. The van der Waals surface area contributed by atoms with Crippen LogP contribution in [-0.2, 0) is 16.1 Å². The van der Waals surface area contributed by atoms with Gasteiger partial charge in [0, 0.05) is 32.2 Å². The molecule has 1 fully saturated rings. The molecule has 2 rings (SSSR count). The van der Waals surface area contributed by atoms with E-state index >= 15 is 0 Å². The first-order valence-electron chi connectivity index (χ1n) is 7.89. The van der Waals surface area contributed by atoms with Crippen LogP contribution in [0.3, 0.4) is 0 Å². The summed E-state index contributed by atoms with van der Waals surface area (Å²) in [5.74, 6) is -0.306. The number of carbonyl (C=O) groups excluding carboxylic acids is 1. The zero-order valence-electron chi connectivity index (χ0n) is 13.8. The fraction of sp³-hybridized carbons (Fsp3) is 0.588. The third-order valence-electron chi connectivity index (χ3n) is 3.95. The Hall–Kier alpha value is -1.17. The van der Waals surface area contributed by atoms with E-state index in [1.54, 1.807) is 11.0 Å². The molecule has 1 aliphatic heterocycles. The molecule has 130 valence electrons. The summed E-state index contributed by atoms with van der Waals surface area (Å²) in [6.07, 6.45) is 2.12. The van der Waals surface area contributed by atoms with Gasteiger partial charge in [-0.2, -0.15) is 0 Å². The van der Waals surface area contributed by atoms with Gasteiger partial charge in [0.25, 0.3) is 0 Å². The topological polar surface area (TPSA) is 41.6 Å². The van der Waals surface area contributed by atoms with Crippen molar-refractivity contribution in [2.45, 2.75) is 32.4 Å². The summed E-state index contributed by atoms with van der Waals surface area (Å²) in [5.41, 5.74) is 0.808. The van der Waals surface area contributed by atoms with Gasteiger partial charge >= 0.3 is 0 Å². The van der Waals surface area contributed by atoms with Crippen LogP contribution in [0, 0.1) is 11.7 Å². The molecule has 0 aliphatic carbocycles. The highest BCUT2D eigenvalue weighted by molar-refractivity contribution is 5.85. The average molecular weight is 345 g/mol. The Bertz CT molecular complexity index is 495. The minimum Gasteiger partial charge on any atom is -0.376 e. The van der Waals surface area contributed by atoms with E-state index in [0.29, 0.717) is 19.6 Å². The molecular weight excluding hydrogens is 319 g/mol. The van der Waals surface area contributed by atoms with Crippen molar-refractivity contribution < 1.29 is 13.9 Å². The largest absolute Gasteiger partial charge is 0.376 e. The molecule has 23 heavy (non-hydrogen) atoms. The summed E-state index contributed by atoms with van der Waals surface area (Å²) < 4.78 is 19.0. The van der Waals surface area contributed by atoms with Crippen molar-refractivity contribution in [3.05, 3.63) is 35.6 Å². The second kappa shape index (κ2) is 9.85. The van der Waals surface area contributed by atoms with Crippen LogP contribution in [0.15, 0.2) is 24.3 Å². The van der Waals surface area contributed by atoms with Gasteiger partial charge in [-0.1, -0.05) is 19.1 Å². The number of nitrogens with zero attached hydrogens (tertiary/aromatic N) is 1. The van der Waals surface area contributed by atoms with E-state index < -0.39 is 0 Å². The average Bonchev–Trinajstić information content (AvgIpc) is 2.99. The number of amides is 1. The highest BCUT2D eigenvalue weighted by atomic mass is 35.5. The smallest absolute Gasteiger partial charge is 0.227 e. The lowest BCUT2D eigenvalue weighted by molar-refractivity contribution is -0.137. The van der Waals surface area contributed by atoms with E-state index in [9.17, 15) is 9.18 Å². The second-order valence-electron chi connectivity index (χ2n) is 5.94. The number of carbonyl (C=O) groups is 1. The summed E-state index contributed by atoms with van der Waals surface area (Å²) in [6, 6.07) is 6.43. The maximum atomic E-state index is 13.4. The monoisotopic (exact) mass is 344 g/mol. The van der Waals surface area contributed by atoms with Crippen LogP contribution in [-0.4, -0.2) is 43.7 Å². The number of hydrogen-bond donors (Lipinski definition) is 1. The molecule has 0 radical (unpaired) electrons. The standard InChI is InChI=1S/C17H25FN2O2.ClH/c1-13(10-19-2)17(21)20(12-16-7-4-8-22-16)11-14-5-3-6-15(18)9-14;/h3,5-6,9,13,16,19H,4,7-8,10-12H2,1-2H3;1H. The molecule has 6 heteroatoms. The van der Waals surface area contributed by atoms with Crippen molar-refractivity contribution in [3.8, 4) is 0 Å². The zero-order valence-corrected chi connectivity index (χ0v) is 14.6. The SMILES string of the molecule is CNCC(C)C(=O)N(Cc1cccc(F)c1)CC1CCCO1.Cl. The molecule has 1 aromatic rings. The van der Waals surface area contributed by atoms with Gasteiger partial charge in [0.05, 0.1) is 6.10 Å². The van der Waals surface area contributed by atoms with E-state index in [1.807, 2.05) is 20.0 Å². The number of benzene rings is 1. The second-order valence-corrected chi connectivity index (χ2v) is 5.94. The maximum absolute atomic E-state index is 13.4. The number of ether oxygens (including phenoxy) is 1. The van der Waals surface area contributed by atoms with E-state index in [-0.39, 0.29) is 36.2 Å². The normalized spacial score (nSPS) is 18.3. The summed E-state index contributed by atoms with van der Waals surface area (Å²) in [4.78, 5) is 14.4. The van der Waals surface area contributed by atoms with Crippen LogP contribution in [0.1, 0.15) is 25.3 Å². The number of nitrogens with one attached hydrogen (secondary N) is 1. The summed E-state index contributed by atoms with van der Waals surface area (Å²) >= 11 is 0. The van der Waals surface area contributed by atoms with Gasteiger partial charge in [-0.15, -0.1) is 12.4 Å². The van der Waals surface area contributed by atoms with Crippen LogP contribution in [0.2, 0.25) is 0 Å². The van der Waals surface area contributed by atoms with Gasteiger partial charge < -0.3 is 15.0 Å². The lowest BCUT2D eigenvalue weighted by Crippen LogP contribution is -2.42. The fourth-order valence-corrected chi connectivity index (χ4v) is 2.83. The zero-order chi connectivity index (χ0) is 15.9. The van der Waals surface area contributed by atoms with Gasteiger partial charge in [0.15, 0.2) is 0 Å². The van der Waals surface area contributed by atoms with Crippen molar-refractivity contribution in [2.75, 3.05) is 26.7 Å². The van der Waals surface area contributed by atoms with Crippen molar-refractivity contribution >= 4 is 18.3 Å². The van der Waals surface area contributed by atoms with Crippen LogP contribution in [0.4, 0.5) is 4.39 Å².